The second kappa shape index (κ2) is 13.0. The SMILES string of the molecule is CCCCN1C2C=CC(OC[C@H](O/N=C(\C(=O)C[C@@H]3C(=O)N(OS(=O)(=O)O)C3(C)C)c3csc(N)n3)C(=O)O)=CC2C=[N+]1C. The van der Waals surface area contributed by atoms with Gasteiger partial charge in [-0.2, -0.15) is 18.5 Å². The number of ether oxygens (including phenoxy) is 1. The highest BCUT2D eigenvalue weighted by Gasteiger charge is 2.57. The lowest BCUT2D eigenvalue weighted by Gasteiger charge is -2.50. The van der Waals surface area contributed by atoms with Crippen molar-refractivity contribution in [2.24, 2.45) is 17.0 Å². The summed E-state index contributed by atoms with van der Waals surface area (Å²) < 4.78 is 43.3. The molecule has 0 bridgehead atoms. The van der Waals surface area contributed by atoms with E-state index < -0.39 is 64.4 Å². The van der Waals surface area contributed by atoms with Crippen molar-refractivity contribution in [3.05, 3.63) is 35.1 Å². The van der Waals surface area contributed by atoms with Crippen LogP contribution in [0.3, 0.4) is 0 Å². The minimum Gasteiger partial charge on any atom is -0.489 e. The Bertz CT molecular complexity index is 1530. The molecule has 18 heteroatoms. The third-order valence-electron chi connectivity index (χ3n) is 7.50. The molecule has 1 aliphatic carbocycles. The van der Waals surface area contributed by atoms with Crippen molar-refractivity contribution in [2.45, 2.75) is 57.7 Å². The number of nitrogens with zero attached hydrogens (tertiary/aromatic N) is 5. The number of amides is 1. The van der Waals surface area contributed by atoms with Crippen LogP contribution in [0.25, 0.3) is 0 Å². The van der Waals surface area contributed by atoms with Crippen LogP contribution in [-0.4, -0.2) is 105 Å². The van der Waals surface area contributed by atoms with Crippen LogP contribution >= 0.6 is 11.3 Å². The van der Waals surface area contributed by atoms with E-state index in [1.54, 1.807) is 6.08 Å². The number of nitrogens with two attached hydrogens (primary N) is 1. The van der Waals surface area contributed by atoms with Gasteiger partial charge in [0.25, 0.3) is 12.0 Å². The summed E-state index contributed by atoms with van der Waals surface area (Å²) in [5.74, 6) is -3.59. The molecule has 1 fully saturated rings. The molecule has 1 aromatic heterocycles. The second-order valence-electron chi connectivity index (χ2n) is 11.0. The Morgan fingerprint density at radius 3 is 2.66 bits per heavy atom. The molecule has 3 aliphatic rings. The number of unbranched alkanes of at least 4 members (excludes halogenated alkanes) is 1. The van der Waals surface area contributed by atoms with E-state index in [4.69, 9.17) is 19.9 Å². The van der Waals surface area contributed by atoms with Crippen molar-refractivity contribution < 1.29 is 51.0 Å². The third kappa shape index (κ3) is 7.25. The van der Waals surface area contributed by atoms with Crippen LogP contribution in [0.4, 0.5) is 5.13 Å². The zero-order valence-corrected chi connectivity index (χ0v) is 26.2. The fraction of sp³-hybridized carbons (Fsp3) is 0.538. The average Bonchev–Trinajstić information content (AvgIpc) is 3.51. The number of carbonyl (C=O) groups excluding carboxylic acids is 2. The number of hydrazone groups is 1. The lowest BCUT2D eigenvalue weighted by molar-refractivity contribution is -0.660. The van der Waals surface area contributed by atoms with Gasteiger partial charge in [0.2, 0.25) is 0 Å². The van der Waals surface area contributed by atoms with Gasteiger partial charge in [0.05, 0.1) is 23.9 Å². The van der Waals surface area contributed by atoms with Crippen molar-refractivity contribution in [2.75, 3.05) is 25.9 Å². The van der Waals surface area contributed by atoms with E-state index >= 15 is 0 Å². The molecule has 2 aliphatic heterocycles. The molecule has 1 aromatic rings. The van der Waals surface area contributed by atoms with E-state index in [9.17, 15) is 27.9 Å². The molecule has 1 amide bonds. The summed E-state index contributed by atoms with van der Waals surface area (Å²) in [5.41, 5.74) is 4.02. The van der Waals surface area contributed by atoms with Crippen LogP contribution in [-0.2, 0) is 38.6 Å². The lowest BCUT2D eigenvalue weighted by Crippen LogP contribution is -2.68. The number of carbonyl (C=O) groups is 3. The molecule has 0 radical (unpaired) electrons. The zero-order valence-electron chi connectivity index (χ0n) is 24.5. The molecule has 240 valence electrons. The molecule has 44 heavy (non-hydrogen) atoms. The molecule has 0 spiro atoms. The molecule has 16 nitrogen and oxygen atoms in total. The van der Waals surface area contributed by atoms with Crippen LogP contribution in [0.15, 0.2) is 34.5 Å². The molecular weight excluding hydrogens is 620 g/mol. The number of thiazole rings is 1. The summed E-state index contributed by atoms with van der Waals surface area (Å²) in [4.78, 5) is 47.2. The number of carboxylic acid groups (broad SMARTS) is 1. The number of hydrogen-bond acceptors (Lipinski definition) is 13. The Morgan fingerprint density at radius 1 is 1.34 bits per heavy atom. The smallest absolute Gasteiger partial charge is 0.418 e. The predicted molar refractivity (Wildman–Crippen MR) is 157 cm³/mol. The number of hydroxylamine groups is 2. The van der Waals surface area contributed by atoms with Crippen molar-refractivity contribution in [3.63, 3.8) is 0 Å². The molecule has 1 saturated heterocycles. The number of hydrogen-bond donors (Lipinski definition) is 3. The van der Waals surface area contributed by atoms with Crippen molar-refractivity contribution in [3.8, 4) is 0 Å². The number of nitrogen functional groups attached to an aromatic ring is 1. The molecule has 4 N–H and O–H groups in total. The van der Waals surface area contributed by atoms with Gasteiger partial charge in [-0.15, -0.1) is 20.3 Å². The Balaban J connectivity index is 1.45. The number of fused-ring (bicyclic) bond motifs is 1. The topological polar surface area (TPSA) is 214 Å². The highest BCUT2D eigenvalue weighted by molar-refractivity contribution is 7.80. The molecule has 4 rings (SSSR count). The van der Waals surface area contributed by atoms with E-state index in [1.165, 1.54) is 19.2 Å². The van der Waals surface area contributed by atoms with Gasteiger partial charge in [-0.05, 0) is 32.4 Å². The number of hydrazine groups is 1. The fourth-order valence-corrected chi connectivity index (χ4v) is 6.09. The summed E-state index contributed by atoms with van der Waals surface area (Å²) in [6.07, 6.45) is 7.75. The summed E-state index contributed by atoms with van der Waals surface area (Å²) in [6, 6.07) is 0.133. The first-order chi connectivity index (χ1) is 20.6. The number of anilines is 1. The number of oxime groups is 1. The molecule has 3 heterocycles. The van der Waals surface area contributed by atoms with Gasteiger partial charge in [0.1, 0.15) is 24.1 Å². The predicted octanol–water partition coefficient (Wildman–Crippen LogP) is 1.03. The first-order valence-electron chi connectivity index (χ1n) is 13.7. The van der Waals surface area contributed by atoms with Gasteiger partial charge in [0, 0.05) is 11.8 Å². The maximum Gasteiger partial charge on any atom is 0.418 e. The van der Waals surface area contributed by atoms with Gasteiger partial charge in [-0.25, -0.2) is 9.78 Å². The number of carboxylic acids is 1. The summed E-state index contributed by atoms with van der Waals surface area (Å²) in [6.45, 7) is 5.47. The van der Waals surface area contributed by atoms with Gasteiger partial charge in [0.15, 0.2) is 29.9 Å². The van der Waals surface area contributed by atoms with Crippen LogP contribution in [0.2, 0.25) is 0 Å². The summed E-state index contributed by atoms with van der Waals surface area (Å²) in [7, 11) is -3.00. The Hall–Kier alpha value is -3.87. The minimum atomic E-state index is -4.98. The number of rotatable bonds is 15. The van der Waals surface area contributed by atoms with Gasteiger partial charge < -0.3 is 20.4 Å². The quantitative estimate of drug-likeness (QED) is 0.0792. The Labute approximate surface area is 257 Å². The number of aromatic nitrogens is 1. The standard InChI is InChI=1S/C26H34N6O10S2/c1-5-6-9-31-19-8-7-16(10-15(19)12-30(31)4)40-13-21(24(35)36)41-29-22(18-14-43-25(27)28-18)20(33)11-17-23(34)32(26(17,2)3)42-44(37,38)39/h7-8,10,12,14-15,17,19,21H,5-6,9,11,13H2,1-4H3,(H3-,27,28,35,36,37,38,39)/p+1/b29-22-/t15?,17-,19?,21+/m1/s1. The molecular formula is C26H35N6O10S2+. The number of β-lactam (4-membered cyclic amide) rings is 1. The first-order valence-corrected chi connectivity index (χ1v) is 16.0. The van der Waals surface area contributed by atoms with Gasteiger partial charge in [-0.1, -0.05) is 24.6 Å². The molecule has 4 atom stereocenters. The third-order valence-corrected chi connectivity index (χ3v) is 8.51. The fourth-order valence-electron chi connectivity index (χ4n) is 5.08. The number of Topliss-reactive ketones (excluding diaryl/α,β-unsaturated/α-hetero) is 1. The van der Waals surface area contributed by atoms with Crippen molar-refractivity contribution >= 4 is 56.5 Å². The van der Waals surface area contributed by atoms with Crippen molar-refractivity contribution in [1.82, 2.24) is 15.1 Å². The first kappa shape index (κ1) is 33.0. The maximum atomic E-state index is 13.3. The van der Waals surface area contributed by atoms with Crippen LogP contribution in [0, 0.1) is 11.8 Å². The van der Waals surface area contributed by atoms with Gasteiger partial charge in [-0.3, -0.25) is 14.1 Å². The lowest BCUT2D eigenvalue weighted by atomic mass is 9.74. The summed E-state index contributed by atoms with van der Waals surface area (Å²) >= 11 is 1.000. The van der Waals surface area contributed by atoms with E-state index in [0.717, 1.165) is 30.7 Å². The van der Waals surface area contributed by atoms with Crippen LogP contribution in [0.5, 0.6) is 0 Å². The number of ketones is 1. The molecule has 2 unspecified atom stereocenters. The van der Waals surface area contributed by atoms with E-state index in [-0.39, 0.29) is 22.8 Å². The Kier molecular flexibility index (Phi) is 9.77. The molecule has 0 saturated carbocycles. The zero-order chi connectivity index (χ0) is 32.4. The second-order valence-corrected chi connectivity index (χ2v) is 12.9. The summed E-state index contributed by atoms with van der Waals surface area (Å²) in [5, 5.41) is 17.8. The van der Waals surface area contributed by atoms with Crippen molar-refractivity contribution in [1.29, 1.82) is 0 Å². The van der Waals surface area contributed by atoms with E-state index in [1.807, 2.05) is 23.9 Å². The van der Waals surface area contributed by atoms with Crippen LogP contribution in [0.1, 0.15) is 45.7 Å². The van der Waals surface area contributed by atoms with E-state index in [0.29, 0.717) is 10.8 Å². The number of allylic oxidation sites excluding steroid dienone is 1. The van der Waals surface area contributed by atoms with Gasteiger partial charge >= 0.3 is 16.4 Å². The molecule has 0 aromatic carbocycles. The van der Waals surface area contributed by atoms with Crippen LogP contribution < -0.4 is 5.73 Å². The Morgan fingerprint density at radius 2 is 2.07 bits per heavy atom. The maximum absolute atomic E-state index is 13.3. The number of aliphatic carboxylic acids is 1. The monoisotopic (exact) mass is 655 g/mol. The normalized spacial score (nSPS) is 23.4. The highest BCUT2D eigenvalue weighted by atomic mass is 32.3. The minimum absolute atomic E-state index is 0.00402. The average molecular weight is 656 g/mol. The highest BCUT2D eigenvalue weighted by Crippen LogP contribution is 2.40. The largest absolute Gasteiger partial charge is 0.489 e. The van der Waals surface area contributed by atoms with E-state index in [2.05, 4.69) is 32.6 Å².